The molecule has 0 unspecified atom stereocenters. The van der Waals surface area contributed by atoms with Gasteiger partial charge in [0.25, 0.3) is 0 Å². The summed E-state index contributed by atoms with van der Waals surface area (Å²) >= 11 is 0. The quantitative estimate of drug-likeness (QED) is 0.331. The Bertz CT molecular complexity index is 616. The fraction of sp³-hybridized carbons (Fsp3) is 0.500. The summed E-state index contributed by atoms with van der Waals surface area (Å²) in [6.45, 7) is 4.69. The predicted molar refractivity (Wildman–Crippen MR) is 105 cm³/mol. The number of nitrogens with zero attached hydrogens (tertiary/aromatic N) is 5. The van der Waals surface area contributed by atoms with Gasteiger partial charge >= 0.3 is 0 Å². The van der Waals surface area contributed by atoms with Crippen molar-refractivity contribution in [1.82, 2.24) is 24.6 Å². The summed E-state index contributed by atoms with van der Waals surface area (Å²) in [5, 5.41) is 7.70. The van der Waals surface area contributed by atoms with E-state index in [9.17, 15) is 0 Å². The lowest BCUT2D eigenvalue weighted by atomic mass is 10.4. The zero-order chi connectivity index (χ0) is 15.9. The topological polar surface area (TPSA) is 50.4 Å². The fourth-order valence-corrected chi connectivity index (χ4v) is 2.39. The first-order valence-electron chi connectivity index (χ1n) is 7.61. The first-order valence-corrected chi connectivity index (χ1v) is 7.61. The van der Waals surface area contributed by atoms with Crippen molar-refractivity contribution >= 4 is 29.9 Å². The highest BCUT2D eigenvalue weighted by Crippen LogP contribution is 2.03. The second kappa shape index (κ2) is 9.59. The molecule has 0 saturated carbocycles. The van der Waals surface area contributed by atoms with Crippen molar-refractivity contribution in [2.24, 2.45) is 12.0 Å². The minimum atomic E-state index is 0. The van der Waals surface area contributed by atoms with E-state index in [0.717, 1.165) is 32.0 Å². The highest BCUT2D eigenvalue weighted by Gasteiger charge is 2.07. The van der Waals surface area contributed by atoms with Crippen LogP contribution in [0.15, 0.2) is 35.7 Å². The molecule has 0 fully saturated rings. The molecule has 0 aliphatic heterocycles. The van der Waals surface area contributed by atoms with Crippen LogP contribution in [0, 0.1) is 6.92 Å². The van der Waals surface area contributed by atoms with Crippen molar-refractivity contribution in [3.8, 4) is 0 Å². The lowest BCUT2D eigenvalue weighted by Crippen LogP contribution is -2.39. The normalized spacial score (nSPS) is 11.2. The number of aliphatic imine (C=N–C) groups is 1. The largest absolute Gasteiger partial charge is 0.356 e. The number of aryl methyl sites for hydroxylation is 3. The molecule has 1 N–H and O–H groups in total. The third kappa shape index (κ3) is 5.89. The molecular weight excluding hydrogens is 403 g/mol. The van der Waals surface area contributed by atoms with Crippen molar-refractivity contribution in [2.45, 2.75) is 26.4 Å². The molecule has 128 valence electrons. The van der Waals surface area contributed by atoms with Gasteiger partial charge in [-0.15, -0.1) is 24.0 Å². The molecule has 0 radical (unpaired) electrons. The van der Waals surface area contributed by atoms with Gasteiger partial charge in [0.1, 0.15) is 0 Å². The van der Waals surface area contributed by atoms with E-state index in [1.54, 1.807) is 0 Å². The molecule has 0 aromatic carbocycles. The summed E-state index contributed by atoms with van der Waals surface area (Å²) in [4.78, 5) is 6.48. The van der Waals surface area contributed by atoms with Gasteiger partial charge in [-0.05, 0) is 31.0 Å². The summed E-state index contributed by atoms with van der Waals surface area (Å²) in [5.41, 5.74) is 2.46. The average molecular weight is 430 g/mol. The van der Waals surface area contributed by atoms with Crippen LogP contribution in [0.4, 0.5) is 0 Å². The zero-order valence-corrected chi connectivity index (χ0v) is 16.7. The fourth-order valence-electron chi connectivity index (χ4n) is 2.39. The maximum absolute atomic E-state index is 4.35. The molecule has 7 heteroatoms. The third-order valence-electron chi connectivity index (χ3n) is 3.63. The minimum absolute atomic E-state index is 0. The average Bonchev–Trinajstić information content (AvgIpc) is 3.08. The molecule has 0 atom stereocenters. The number of rotatable bonds is 6. The lowest BCUT2D eigenvalue weighted by molar-refractivity contribution is 0.457. The van der Waals surface area contributed by atoms with E-state index in [-0.39, 0.29) is 24.0 Å². The van der Waals surface area contributed by atoms with E-state index in [0.29, 0.717) is 0 Å². The molecule has 0 spiro atoms. The van der Waals surface area contributed by atoms with Crippen LogP contribution in [0.3, 0.4) is 0 Å². The molecule has 2 aromatic rings. The van der Waals surface area contributed by atoms with Crippen molar-refractivity contribution in [2.75, 3.05) is 20.6 Å². The number of nitrogens with one attached hydrogen (secondary N) is 1. The molecular formula is C16H27IN6. The van der Waals surface area contributed by atoms with E-state index in [2.05, 4.69) is 70.4 Å². The first kappa shape index (κ1) is 19.5. The molecule has 0 bridgehead atoms. The van der Waals surface area contributed by atoms with Crippen LogP contribution in [0.1, 0.15) is 17.7 Å². The Morgan fingerprint density at radius 1 is 1.43 bits per heavy atom. The Kier molecular flexibility index (Phi) is 8.15. The van der Waals surface area contributed by atoms with Gasteiger partial charge in [0, 0.05) is 52.3 Å². The van der Waals surface area contributed by atoms with Gasteiger partial charge in [-0.2, -0.15) is 5.10 Å². The number of hydrogen-bond acceptors (Lipinski definition) is 2. The van der Waals surface area contributed by atoms with Crippen molar-refractivity contribution in [3.05, 3.63) is 42.0 Å². The summed E-state index contributed by atoms with van der Waals surface area (Å²) in [5.74, 6) is 0.915. The van der Waals surface area contributed by atoms with Gasteiger partial charge < -0.3 is 14.8 Å². The van der Waals surface area contributed by atoms with Gasteiger partial charge in [-0.3, -0.25) is 9.67 Å². The van der Waals surface area contributed by atoms with Crippen molar-refractivity contribution < 1.29 is 0 Å². The van der Waals surface area contributed by atoms with Crippen LogP contribution in [0.2, 0.25) is 0 Å². The molecule has 6 nitrogen and oxygen atoms in total. The van der Waals surface area contributed by atoms with Crippen LogP contribution in [-0.2, 0) is 20.1 Å². The van der Waals surface area contributed by atoms with Crippen molar-refractivity contribution in [3.63, 3.8) is 0 Å². The van der Waals surface area contributed by atoms with Gasteiger partial charge in [-0.1, -0.05) is 0 Å². The molecule has 23 heavy (non-hydrogen) atoms. The Morgan fingerprint density at radius 2 is 2.22 bits per heavy atom. The highest BCUT2D eigenvalue weighted by atomic mass is 127. The maximum atomic E-state index is 4.35. The van der Waals surface area contributed by atoms with Gasteiger partial charge in [0.05, 0.1) is 12.7 Å². The molecule has 2 aromatic heterocycles. The summed E-state index contributed by atoms with van der Waals surface area (Å²) in [6.07, 6.45) is 7.03. The van der Waals surface area contributed by atoms with Crippen LogP contribution < -0.4 is 5.32 Å². The monoisotopic (exact) mass is 430 g/mol. The summed E-state index contributed by atoms with van der Waals surface area (Å²) in [7, 11) is 5.94. The first-order chi connectivity index (χ1) is 10.6. The van der Waals surface area contributed by atoms with Crippen LogP contribution >= 0.6 is 24.0 Å². The van der Waals surface area contributed by atoms with E-state index >= 15 is 0 Å². The SMILES string of the molecule is CN=C(NCCCn1cc(C)cn1)N(C)Cc1cccn1C.I. The number of aromatic nitrogens is 3. The number of hydrogen-bond donors (Lipinski definition) is 1. The van der Waals surface area contributed by atoms with Gasteiger partial charge in [0.15, 0.2) is 5.96 Å². The summed E-state index contributed by atoms with van der Waals surface area (Å²) in [6, 6.07) is 4.19. The minimum Gasteiger partial charge on any atom is -0.356 e. The van der Waals surface area contributed by atoms with Crippen molar-refractivity contribution in [1.29, 1.82) is 0 Å². The lowest BCUT2D eigenvalue weighted by Gasteiger charge is -2.22. The number of guanidine groups is 1. The van der Waals surface area contributed by atoms with Crippen LogP contribution in [0.5, 0.6) is 0 Å². The summed E-state index contributed by atoms with van der Waals surface area (Å²) < 4.78 is 4.11. The van der Waals surface area contributed by atoms with Gasteiger partial charge in [0.2, 0.25) is 0 Å². The van der Waals surface area contributed by atoms with Crippen LogP contribution in [0.25, 0.3) is 0 Å². The Morgan fingerprint density at radius 3 is 2.78 bits per heavy atom. The highest BCUT2D eigenvalue weighted by molar-refractivity contribution is 14.0. The molecule has 0 aliphatic carbocycles. The molecule has 2 rings (SSSR count). The van der Waals surface area contributed by atoms with Gasteiger partial charge in [-0.25, -0.2) is 0 Å². The Balaban J connectivity index is 0.00000264. The second-order valence-corrected chi connectivity index (χ2v) is 5.57. The maximum Gasteiger partial charge on any atom is 0.193 e. The zero-order valence-electron chi connectivity index (χ0n) is 14.4. The predicted octanol–water partition coefficient (Wildman–Crippen LogP) is 2.25. The third-order valence-corrected chi connectivity index (χ3v) is 3.63. The van der Waals surface area contributed by atoms with E-state index < -0.39 is 0 Å². The van der Waals surface area contributed by atoms with E-state index in [1.807, 2.05) is 17.9 Å². The Hall–Kier alpha value is -1.51. The van der Waals surface area contributed by atoms with Crippen LogP contribution in [-0.4, -0.2) is 45.8 Å². The van der Waals surface area contributed by atoms with E-state index in [1.165, 1.54) is 11.3 Å². The molecule has 0 saturated heterocycles. The van der Waals surface area contributed by atoms with E-state index in [4.69, 9.17) is 0 Å². The standard InChI is InChI=1S/C16H26N6.HI/c1-14-11-19-22(12-14)10-6-8-18-16(17-2)21(4)13-15-7-5-9-20(15)3;/h5,7,9,11-12H,6,8,10,13H2,1-4H3,(H,17,18);1H. The Labute approximate surface area is 155 Å². The molecule has 2 heterocycles. The second-order valence-electron chi connectivity index (χ2n) is 5.57. The number of halogens is 1. The molecule has 0 aliphatic rings. The smallest absolute Gasteiger partial charge is 0.193 e. The molecule has 0 amide bonds.